The molecule has 6 nitrogen and oxygen atoms in total. The summed E-state index contributed by atoms with van der Waals surface area (Å²) in [5.74, 6) is 0.158. The first kappa shape index (κ1) is 15.9. The third-order valence-electron chi connectivity index (χ3n) is 4.83. The van der Waals surface area contributed by atoms with Crippen molar-refractivity contribution in [2.45, 2.75) is 25.4 Å². The molecule has 124 valence electrons. The summed E-state index contributed by atoms with van der Waals surface area (Å²) >= 11 is 0. The van der Waals surface area contributed by atoms with E-state index in [1.54, 1.807) is 31.4 Å². The smallest absolute Gasteiger partial charge is 0.241 e. The summed E-state index contributed by atoms with van der Waals surface area (Å²) in [6, 6.07) is 4.18. The summed E-state index contributed by atoms with van der Waals surface area (Å²) in [7, 11) is 3.47. The maximum Gasteiger partial charge on any atom is 0.241 e. The lowest BCUT2D eigenvalue weighted by molar-refractivity contribution is -0.145. The zero-order chi connectivity index (χ0) is 16.4. The molecule has 1 aromatic heterocycles. The quantitative estimate of drug-likeness (QED) is 0.816. The van der Waals surface area contributed by atoms with Gasteiger partial charge in [-0.15, -0.1) is 0 Å². The Balaban J connectivity index is 1.71. The average molecular weight is 316 g/mol. The van der Waals surface area contributed by atoms with Crippen LogP contribution < -0.4 is 0 Å². The van der Waals surface area contributed by atoms with E-state index >= 15 is 0 Å². The fourth-order valence-corrected chi connectivity index (χ4v) is 3.50. The van der Waals surface area contributed by atoms with Gasteiger partial charge in [0.15, 0.2) is 0 Å². The minimum Gasteiger partial charge on any atom is -0.347 e. The first-order valence-electron chi connectivity index (χ1n) is 8.16. The largest absolute Gasteiger partial charge is 0.347 e. The number of likely N-dealkylation sites (N-methyl/N-ethyl adjacent to an activating group) is 1. The first-order valence-corrected chi connectivity index (χ1v) is 8.16. The molecule has 0 aliphatic carbocycles. The number of amides is 2. The number of aromatic nitrogens is 1. The van der Waals surface area contributed by atoms with E-state index in [0.717, 1.165) is 32.5 Å². The lowest BCUT2D eigenvalue weighted by Crippen LogP contribution is -2.51. The van der Waals surface area contributed by atoms with E-state index in [2.05, 4.69) is 9.88 Å². The molecular formula is C17H24N4O2. The number of carbonyl (C=O) groups excluding carboxylic acids is 2. The molecule has 2 amide bonds. The average Bonchev–Trinajstić information content (AvgIpc) is 2.80. The van der Waals surface area contributed by atoms with Gasteiger partial charge < -0.3 is 9.80 Å². The van der Waals surface area contributed by atoms with Crippen molar-refractivity contribution in [2.24, 2.45) is 5.92 Å². The topological polar surface area (TPSA) is 56.8 Å². The number of hydrogen-bond donors (Lipinski definition) is 0. The van der Waals surface area contributed by atoms with E-state index < -0.39 is 0 Å². The molecule has 3 saturated heterocycles. The minimum absolute atomic E-state index is 0.00779. The number of rotatable bonds is 4. The van der Waals surface area contributed by atoms with E-state index in [4.69, 9.17) is 0 Å². The van der Waals surface area contributed by atoms with E-state index in [9.17, 15) is 9.59 Å². The van der Waals surface area contributed by atoms with E-state index in [1.165, 1.54) is 5.56 Å². The van der Waals surface area contributed by atoms with Gasteiger partial charge in [-0.1, -0.05) is 0 Å². The molecule has 0 radical (unpaired) electrons. The van der Waals surface area contributed by atoms with Crippen molar-refractivity contribution in [2.75, 3.05) is 33.7 Å². The van der Waals surface area contributed by atoms with Gasteiger partial charge >= 0.3 is 0 Å². The highest BCUT2D eigenvalue weighted by atomic mass is 16.2. The van der Waals surface area contributed by atoms with Crippen LogP contribution in [0.1, 0.15) is 18.4 Å². The molecule has 0 spiro atoms. The van der Waals surface area contributed by atoms with Crippen molar-refractivity contribution >= 4 is 11.8 Å². The second kappa shape index (κ2) is 6.66. The summed E-state index contributed by atoms with van der Waals surface area (Å²) < 4.78 is 0. The molecule has 1 aromatic rings. The van der Waals surface area contributed by atoms with E-state index in [1.807, 2.05) is 17.0 Å². The van der Waals surface area contributed by atoms with Crippen molar-refractivity contribution in [3.05, 3.63) is 30.1 Å². The molecule has 2 atom stereocenters. The molecular weight excluding hydrogens is 292 g/mol. The summed E-state index contributed by atoms with van der Waals surface area (Å²) in [6.45, 7) is 2.66. The molecule has 3 aliphatic heterocycles. The number of piperidine rings is 1. The number of hydrogen-bond acceptors (Lipinski definition) is 4. The van der Waals surface area contributed by atoms with Gasteiger partial charge in [0, 0.05) is 52.2 Å². The van der Waals surface area contributed by atoms with Crippen molar-refractivity contribution in [3.8, 4) is 0 Å². The second-order valence-corrected chi connectivity index (χ2v) is 6.73. The maximum atomic E-state index is 12.7. The molecule has 0 unspecified atom stereocenters. The second-order valence-electron chi connectivity index (χ2n) is 6.73. The standard InChI is InChI=1S/C17H24N4O2/c1-19(2)16(22)12-21-15-4-3-14(17(21)23)10-20(11-15)9-13-5-7-18-8-6-13/h5-8,14-15H,3-4,9-12H2,1-2H3/t14-,15+/m1/s1. The molecule has 2 bridgehead atoms. The Morgan fingerprint density at radius 2 is 2.00 bits per heavy atom. The van der Waals surface area contributed by atoms with E-state index in [-0.39, 0.29) is 30.3 Å². The van der Waals surface area contributed by atoms with Crippen LogP contribution in [0, 0.1) is 5.92 Å². The normalized spacial score (nSPS) is 24.6. The third kappa shape index (κ3) is 3.52. The molecule has 6 heteroatoms. The van der Waals surface area contributed by atoms with Crippen LogP contribution in [0.4, 0.5) is 0 Å². The van der Waals surface area contributed by atoms with Crippen LogP contribution >= 0.6 is 0 Å². The van der Waals surface area contributed by atoms with Crippen LogP contribution in [-0.2, 0) is 16.1 Å². The molecule has 4 heterocycles. The van der Waals surface area contributed by atoms with Gasteiger partial charge in [0.1, 0.15) is 6.54 Å². The van der Waals surface area contributed by atoms with Gasteiger partial charge in [-0.2, -0.15) is 0 Å². The van der Waals surface area contributed by atoms with Crippen molar-refractivity contribution in [1.82, 2.24) is 19.7 Å². The van der Waals surface area contributed by atoms with Crippen molar-refractivity contribution < 1.29 is 9.59 Å². The Morgan fingerprint density at radius 3 is 2.70 bits per heavy atom. The molecule has 4 rings (SSSR count). The summed E-state index contributed by atoms with van der Waals surface area (Å²) in [4.78, 5) is 34.5. The molecule has 0 N–H and O–H groups in total. The lowest BCUT2D eigenvalue weighted by Gasteiger charge is -2.36. The molecule has 3 fully saturated rings. The SMILES string of the molecule is CN(C)C(=O)CN1C(=O)[C@@H]2CC[C@H]1CN(Cc1ccncc1)C2. The van der Waals surface area contributed by atoms with Crippen LogP contribution in [0.5, 0.6) is 0 Å². The monoisotopic (exact) mass is 316 g/mol. The Labute approximate surface area is 137 Å². The zero-order valence-electron chi connectivity index (χ0n) is 13.8. The Bertz CT molecular complexity index is 575. The highest BCUT2D eigenvalue weighted by molar-refractivity contribution is 5.86. The van der Waals surface area contributed by atoms with Crippen LogP contribution in [-0.4, -0.2) is 71.3 Å². The number of nitrogens with zero attached hydrogens (tertiary/aromatic N) is 4. The summed E-state index contributed by atoms with van der Waals surface area (Å²) in [6.07, 6.45) is 5.52. The maximum absolute atomic E-state index is 12.7. The Hall–Kier alpha value is -1.95. The third-order valence-corrected chi connectivity index (χ3v) is 4.83. The van der Waals surface area contributed by atoms with Gasteiger partial charge in [-0.3, -0.25) is 19.5 Å². The molecule has 0 aromatic carbocycles. The molecule has 3 aliphatic rings. The molecule has 0 saturated carbocycles. The summed E-state index contributed by atoms with van der Waals surface area (Å²) in [5, 5.41) is 0. The van der Waals surface area contributed by atoms with Crippen molar-refractivity contribution in [1.29, 1.82) is 0 Å². The van der Waals surface area contributed by atoms with Crippen LogP contribution in [0.25, 0.3) is 0 Å². The predicted molar refractivity (Wildman–Crippen MR) is 86.4 cm³/mol. The van der Waals surface area contributed by atoms with Gasteiger partial charge in [0.05, 0.1) is 5.92 Å². The molecule has 23 heavy (non-hydrogen) atoms. The van der Waals surface area contributed by atoms with Gasteiger partial charge in [-0.05, 0) is 30.5 Å². The lowest BCUT2D eigenvalue weighted by atomic mass is 9.94. The van der Waals surface area contributed by atoms with E-state index in [0.29, 0.717) is 0 Å². The number of pyridine rings is 1. The van der Waals surface area contributed by atoms with Gasteiger partial charge in [0.2, 0.25) is 11.8 Å². The fourth-order valence-electron chi connectivity index (χ4n) is 3.50. The van der Waals surface area contributed by atoms with Gasteiger partial charge in [-0.25, -0.2) is 0 Å². The van der Waals surface area contributed by atoms with Crippen LogP contribution in [0.3, 0.4) is 0 Å². The number of fused-ring (bicyclic) bond motifs is 4. The fraction of sp³-hybridized carbons (Fsp3) is 0.588. The number of carbonyl (C=O) groups is 2. The predicted octanol–water partition coefficient (Wildman–Crippen LogP) is 0.593. The zero-order valence-corrected chi connectivity index (χ0v) is 13.8. The Morgan fingerprint density at radius 1 is 1.26 bits per heavy atom. The van der Waals surface area contributed by atoms with Crippen LogP contribution in [0.2, 0.25) is 0 Å². The highest BCUT2D eigenvalue weighted by Crippen LogP contribution is 2.29. The van der Waals surface area contributed by atoms with Gasteiger partial charge in [0.25, 0.3) is 0 Å². The summed E-state index contributed by atoms with van der Waals surface area (Å²) in [5.41, 5.74) is 1.21. The minimum atomic E-state index is -0.00779. The highest BCUT2D eigenvalue weighted by Gasteiger charge is 2.41. The van der Waals surface area contributed by atoms with Crippen molar-refractivity contribution in [3.63, 3.8) is 0 Å². The Kier molecular flexibility index (Phi) is 4.61. The first-order chi connectivity index (χ1) is 11.0. The van der Waals surface area contributed by atoms with Crippen LogP contribution in [0.15, 0.2) is 24.5 Å².